The smallest absolute Gasteiger partial charge is 0.280 e. The zero-order chi connectivity index (χ0) is 15.7. The number of nitrogens with one attached hydrogen (secondary N) is 1. The molecule has 1 atom stereocenters. The van der Waals surface area contributed by atoms with Gasteiger partial charge in [-0.15, -0.1) is 0 Å². The van der Waals surface area contributed by atoms with Crippen molar-refractivity contribution in [3.05, 3.63) is 40.3 Å². The van der Waals surface area contributed by atoms with Crippen molar-refractivity contribution in [3.8, 4) is 0 Å². The number of hydrogen-bond acceptors (Lipinski definition) is 5. The molecule has 1 aromatic carbocycles. The molecule has 1 fully saturated rings. The summed E-state index contributed by atoms with van der Waals surface area (Å²) in [5, 5.41) is 9.36. The minimum atomic E-state index is -0.483. The first-order chi connectivity index (χ1) is 10.6. The Morgan fingerprint density at radius 1 is 1.41 bits per heavy atom. The molecule has 0 saturated carbocycles. The number of aromatic nitrogens is 2. The van der Waals surface area contributed by atoms with Crippen molar-refractivity contribution in [3.63, 3.8) is 0 Å². The van der Waals surface area contributed by atoms with E-state index in [0.717, 1.165) is 0 Å². The molecule has 1 aromatic heterocycles. The maximum absolute atomic E-state index is 12.6. The van der Waals surface area contributed by atoms with Crippen LogP contribution < -0.4 is 5.56 Å². The Kier molecular flexibility index (Phi) is 3.91. The number of amides is 1. The zero-order valence-electron chi connectivity index (χ0n) is 12.3. The number of hydrogen-bond donors (Lipinski definition) is 2. The van der Waals surface area contributed by atoms with Gasteiger partial charge in [0, 0.05) is 19.6 Å². The van der Waals surface area contributed by atoms with Crippen molar-refractivity contribution in [2.75, 3.05) is 33.3 Å². The van der Waals surface area contributed by atoms with E-state index in [1.54, 1.807) is 29.2 Å². The Bertz CT molecular complexity index is 758. The van der Waals surface area contributed by atoms with Crippen molar-refractivity contribution >= 4 is 16.9 Å². The Hall–Kier alpha value is -2.25. The summed E-state index contributed by atoms with van der Waals surface area (Å²) in [6.45, 7) is 1.53. The van der Waals surface area contributed by atoms with Crippen molar-refractivity contribution in [1.29, 1.82) is 0 Å². The molecule has 0 aliphatic carbocycles. The summed E-state index contributed by atoms with van der Waals surface area (Å²) in [6, 6.07) is 6.99. The molecule has 0 unspecified atom stereocenters. The van der Waals surface area contributed by atoms with Crippen LogP contribution in [-0.4, -0.2) is 70.1 Å². The van der Waals surface area contributed by atoms with E-state index in [2.05, 4.69) is 9.97 Å². The van der Waals surface area contributed by atoms with Crippen LogP contribution in [0.15, 0.2) is 29.1 Å². The molecule has 1 aliphatic heterocycles. The number of likely N-dealkylation sites (N-methyl/N-ethyl adjacent to an activating group) is 1. The number of piperazine rings is 1. The third kappa shape index (κ3) is 2.60. The van der Waals surface area contributed by atoms with E-state index in [9.17, 15) is 14.7 Å². The van der Waals surface area contributed by atoms with Crippen molar-refractivity contribution in [1.82, 2.24) is 19.8 Å². The lowest BCUT2D eigenvalue weighted by Gasteiger charge is -2.38. The normalized spacial score (nSPS) is 19.5. The lowest BCUT2D eigenvalue weighted by atomic mass is 10.2. The van der Waals surface area contributed by atoms with Gasteiger partial charge >= 0.3 is 0 Å². The predicted octanol–water partition coefficient (Wildman–Crippen LogP) is -0.328. The van der Waals surface area contributed by atoms with E-state index >= 15 is 0 Å². The van der Waals surface area contributed by atoms with E-state index < -0.39 is 11.5 Å². The topological polar surface area (TPSA) is 89.5 Å². The molecular weight excluding hydrogens is 284 g/mol. The first-order valence-corrected chi connectivity index (χ1v) is 7.19. The van der Waals surface area contributed by atoms with Gasteiger partial charge in [-0.1, -0.05) is 12.1 Å². The second kappa shape index (κ2) is 5.86. The number of nitrogens with zero attached hydrogens (tertiary/aromatic N) is 3. The highest BCUT2D eigenvalue weighted by molar-refractivity contribution is 5.93. The second-order valence-corrected chi connectivity index (χ2v) is 5.50. The molecule has 1 saturated heterocycles. The van der Waals surface area contributed by atoms with Gasteiger partial charge in [0.2, 0.25) is 0 Å². The van der Waals surface area contributed by atoms with Crippen molar-refractivity contribution in [2.45, 2.75) is 6.04 Å². The van der Waals surface area contributed by atoms with Gasteiger partial charge in [0.15, 0.2) is 5.69 Å². The molecule has 1 aliphatic rings. The monoisotopic (exact) mass is 302 g/mol. The van der Waals surface area contributed by atoms with E-state index in [0.29, 0.717) is 30.7 Å². The molecular formula is C15H18N4O3. The fraction of sp³-hybridized carbons (Fsp3) is 0.400. The summed E-state index contributed by atoms with van der Waals surface area (Å²) in [4.78, 5) is 35.2. The van der Waals surface area contributed by atoms with Gasteiger partial charge in [0.05, 0.1) is 23.7 Å². The fourth-order valence-electron chi connectivity index (χ4n) is 2.65. The van der Waals surface area contributed by atoms with Crippen LogP contribution in [0.1, 0.15) is 10.5 Å². The number of aliphatic hydroxyl groups is 1. The molecule has 7 nitrogen and oxygen atoms in total. The highest BCUT2D eigenvalue weighted by Gasteiger charge is 2.29. The van der Waals surface area contributed by atoms with Crippen LogP contribution >= 0.6 is 0 Å². The molecule has 2 aromatic rings. The van der Waals surface area contributed by atoms with Crippen LogP contribution in [0.2, 0.25) is 0 Å². The maximum Gasteiger partial charge on any atom is 0.280 e. The molecule has 3 rings (SSSR count). The molecule has 116 valence electrons. The third-order valence-electron chi connectivity index (χ3n) is 4.08. The van der Waals surface area contributed by atoms with Crippen LogP contribution in [0.5, 0.6) is 0 Å². The number of para-hydroxylation sites is 2. The number of benzene rings is 1. The van der Waals surface area contributed by atoms with Crippen LogP contribution in [0.25, 0.3) is 11.0 Å². The molecule has 2 heterocycles. The highest BCUT2D eigenvalue weighted by atomic mass is 16.3. The number of aromatic amines is 1. The van der Waals surface area contributed by atoms with Gasteiger partial charge in [-0.3, -0.25) is 14.5 Å². The number of H-pyrrole nitrogens is 1. The van der Waals surface area contributed by atoms with Crippen LogP contribution in [0.3, 0.4) is 0 Å². The van der Waals surface area contributed by atoms with E-state index in [1.165, 1.54) is 0 Å². The Labute approximate surface area is 127 Å². The van der Waals surface area contributed by atoms with E-state index in [1.807, 2.05) is 11.9 Å². The average molecular weight is 302 g/mol. The summed E-state index contributed by atoms with van der Waals surface area (Å²) in [6.07, 6.45) is 0. The summed E-state index contributed by atoms with van der Waals surface area (Å²) in [5.74, 6) is -0.390. The van der Waals surface area contributed by atoms with Crippen LogP contribution in [-0.2, 0) is 0 Å². The number of carbonyl (C=O) groups is 1. The molecule has 2 N–H and O–H groups in total. The summed E-state index contributed by atoms with van der Waals surface area (Å²) < 4.78 is 0. The third-order valence-corrected chi connectivity index (χ3v) is 4.08. The fourth-order valence-corrected chi connectivity index (χ4v) is 2.65. The maximum atomic E-state index is 12.6. The molecule has 0 bridgehead atoms. The average Bonchev–Trinajstić information content (AvgIpc) is 2.54. The Morgan fingerprint density at radius 3 is 2.95 bits per heavy atom. The quantitative estimate of drug-likeness (QED) is 0.793. The summed E-state index contributed by atoms with van der Waals surface area (Å²) >= 11 is 0. The van der Waals surface area contributed by atoms with Gasteiger partial charge in [-0.2, -0.15) is 0 Å². The van der Waals surface area contributed by atoms with Gasteiger partial charge < -0.3 is 15.0 Å². The van der Waals surface area contributed by atoms with E-state index in [4.69, 9.17) is 0 Å². The second-order valence-electron chi connectivity index (χ2n) is 5.50. The first kappa shape index (κ1) is 14.7. The van der Waals surface area contributed by atoms with Gasteiger partial charge in [-0.25, -0.2) is 4.98 Å². The molecule has 0 spiro atoms. The van der Waals surface area contributed by atoms with Crippen molar-refractivity contribution in [2.24, 2.45) is 0 Å². The number of carbonyl (C=O) groups excluding carboxylic acids is 1. The minimum Gasteiger partial charge on any atom is -0.395 e. The lowest BCUT2D eigenvalue weighted by Crippen LogP contribution is -2.55. The number of rotatable bonds is 2. The summed E-state index contributed by atoms with van der Waals surface area (Å²) in [7, 11) is 1.91. The number of fused-ring (bicyclic) bond motifs is 1. The van der Waals surface area contributed by atoms with Crippen molar-refractivity contribution < 1.29 is 9.90 Å². The number of aliphatic hydroxyl groups excluding tert-OH is 1. The molecule has 22 heavy (non-hydrogen) atoms. The zero-order valence-corrected chi connectivity index (χ0v) is 12.3. The highest BCUT2D eigenvalue weighted by Crippen LogP contribution is 2.11. The summed E-state index contributed by atoms with van der Waals surface area (Å²) in [5.41, 5.74) is 0.608. The van der Waals surface area contributed by atoms with Crippen LogP contribution in [0.4, 0.5) is 0 Å². The van der Waals surface area contributed by atoms with Crippen LogP contribution in [0, 0.1) is 0 Å². The first-order valence-electron chi connectivity index (χ1n) is 7.19. The predicted molar refractivity (Wildman–Crippen MR) is 81.8 cm³/mol. The molecule has 0 radical (unpaired) electrons. The Balaban J connectivity index is 1.92. The van der Waals surface area contributed by atoms with Gasteiger partial charge in [-0.05, 0) is 19.2 Å². The van der Waals surface area contributed by atoms with E-state index in [-0.39, 0.29) is 18.3 Å². The lowest BCUT2D eigenvalue weighted by molar-refractivity contribution is 0.0415. The largest absolute Gasteiger partial charge is 0.395 e. The Morgan fingerprint density at radius 2 is 2.18 bits per heavy atom. The van der Waals surface area contributed by atoms with Gasteiger partial charge in [0.1, 0.15) is 0 Å². The SMILES string of the molecule is CN1CCN(C(=O)c2nc3ccccc3[nH]c2=O)C[C@@H]1CO. The standard InChI is InChI=1S/C15H18N4O3/c1-18-6-7-19(8-10(18)9-20)15(22)13-14(21)17-12-5-3-2-4-11(12)16-13/h2-5,10,20H,6-9H2,1H3,(H,17,21)/t10-/m1/s1. The van der Waals surface area contributed by atoms with Gasteiger partial charge in [0.25, 0.3) is 11.5 Å². The minimum absolute atomic E-state index is 0.0260. The molecule has 7 heteroatoms. The molecule has 1 amide bonds.